The lowest BCUT2D eigenvalue weighted by molar-refractivity contribution is -0.121. The van der Waals surface area contributed by atoms with Gasteiger partial charge in [-0.05, 0) is 35.2 Å². The van der Waals surface area contributed by atoms with Gasteiger partial charge in [-0.2, -0.15) is 0 Å². The monoisotopic (exact) mass is 417 g/mol. The Kier molecular flexibility index (Phi) is 7.82. The third kappa shape index (κ3) is 6.19. The fourth-order valence-electron chi connectivity index (χ4n) is 3.32. The first-order valence-electron chi connectivity index (χ1n) is 10.3. The Morgan fingerprint density at radius 3 is 2.13 bits per heavy atom. The number of carbonyl (C=O) groups is 2. The highest BCUT2D eigenvalue weighted by molar-refractivity contribution is 5.98. The zero-order chi connectivity index (χ0) is 22.1. The zero-order valence-corrected chi connectivity index (χ0v) is 17.9. The number of methoxy groups -OCH3 is 2. The Morgan fingerprint density at radius 1 is 0.774 bits per heavy atom. The average molecular weight is 418 g/mol. The molecule has 0 saturated heterocycles. The van der Waals surface area contributed by atoms with Crippen LogP contribution in [-0.4, -0.2) is 32.5 Å². The molecule has 3 aromatic rings. The molecule has 0 heterocycles. The molecule has 0 bridgehead atoms. The zero-order valence-electron chi connectivity index (χ0n) is 17.9. The largest absolute Gasteiger partial charge is 0.493 e. The Hall–Kier alpha value is -3.60. The normalized spacial score (nSPS) is 10.4. The topological polar surface area (TPSA) is 64.6 Å². The summed E-state index contributed by atoms with van der Waals surface area (Å²) >= 11 is 0. The van der Waals surface area contributed by atoms with Crippen LogP contribution in [-0.2, 0) is 11.2 Å². The van der Waals surface area contributed by atoms with Crippen molar-refractivity contribution >= 4 is 11.7 Å². The van der Waals surface area contributed by atoms with Crippen LogP contribution in [0.4, 0.5) is 0 Å². The van der Waals surface area contributed by atoms with Crippen LogP contribution in [0.2, 0.25) is 0 Å². The van der Waals surface area contributed by atoms with E-state index in [4.69, 9.17) is 9.47 Å². The van der Waals surface area contributed by atoms with E-state index in [1.165, 1.54) is 0 Å². The number of rotatable bonds is 10. The Morgan fingerprint density at radius 2 is 1.45 bits per heavy atom. The highest BCUT2D eigenvalue weighted by Crippen LogP contribution is 2.27. The Labute approximate surface area is 183 Å². The number of carbonyl (C=O) groups excluding carboxylic acids is 2. The summed E-state index contributed by atoms with van der Waals surface area (Å²) in [7, 11) is 3.19. The van der Waals surface area contributed by atoms with Crippen LogP contribution in [0.5, 0.6) is 11.5 Å². The summed E-state index contributed by atoms with van der Waals surface area (Å²) in [6.07, 6.45) is 1.03. The van der Waals surface area contributed by atoms with E-state index >= 15 is 0 Å². The first-order chi connectivity index (χ1) is 15.1. The molecule has 0 fully saturated rings. The fourth-order valence-corrected chi connectivity index (χ4v) is 3.32. The van der Waals surface area contributed by atoms with E-state index < -0.39 is 0 Å². The minimum absolute atomic E-state index is 0.0327. The van der Waals surface area contributed by atoms with E-state index in [-0.39, 0.29) is 24.5 Å². The second-order valence-corrected chi connectivity index (χ2v) is 7.16. The molecule has 0 saturated carbocycles. The molecule has 0 unspecified atom stereocenters. The van der Waals surface area contributed by atoms with Gasteiger partial charge in [0.05, 0.1) is 14.2 Å². The highest BCUT2D eigenvalue weighted by Gasteiger charge is 2.10. The molecule has 5 heteroatoms. The standard InChI is InChI=1S/C26H27NO4/c1-30-24-14-8-19(18-25(24)31-2)16-17-27-26(29)15-13-23(28)22-11-9-21(10-12-22)20-6-4-3-5-7-20/h3-12,14,18H,13,15-17H2,1-2H3,(H,27,29). The number of ether oxygens (including phenoxy) is 2. The van der Waals surface area contributed by atoms with Gasteiger partial charge in [0, 0.05) is 24.9 Å². The van der Waals surface area contributed by atoms with Gasteiger partial charge in [0.1, 0.15) is 0 Å². The molecule has 160 valence electrons. The Bertz CT molecular complexity index is 1010. The van der Waals surface area contributed by atoms with Crippen molar-refractivity contribution in [1.29, 1.82) is 0 Å². The smallest absolute Gasteiger partial charge is 0.220 e. The number of hydrogen-bond donors (Lipinski definition) is 1. The first kappa shape index (κ1) is 22.1. The predicted octanol–water partition coefficient (Wildman–Crippen LogP) is 4.69. The van der Waals surface area contributed by atoms with Crippen molar-refractivity contribution in [2.75, 3.05) is 20.8 Å². The summed E-state index contributed by atoms with van der Waals surface area (Å²) in [6.45, 7) is 0.494. The maximum atomic E-state index is 12.4. The Balaban J connectivity index is 1.43. The van der Waals surface area contributed by atoms with Crippen molar-refractivity contribution in [3.63, 3.8) is 0 Å². The fraction of sp³-hybridized carbons (Fsp3) is 0.231. The lowest BCUT2D eigenvalue weighted by Crippen LogP contribution is -2.26. The molecule has 1 amide bonds. The maximum absolute atomic E-state index is 12.4. The number of hydrogen-bond acceptors (Lipinski definition) is 4. The number of nitrogens with one attached hydrogen (secondary N) is 1. The summed E-state index contributed by atoms with van der Waals surface area (Å²) in [6, 6.07) is 23.2. The SMILES string of the molecule is COc1ccc(CCNC(=O)CCC(=O)c2ccc(-c3ccccc3)cc2)cc1OC. The van der Waals surface area contributed by atoms with Crippen molar-refractivity contribution in [3.8, 4) is 22.6 Å². The highest BCUT2D eigenvalue weighted by atomic mass is 16.5. The lowest BCUT2D eigenvalue weighted by atomic mass is 10.0. The van der Waals surface area contributed by atoms with Crippen molar-refractivity contribution in [1.82, 2.24) is 5.32 Å². The number of Topliss-reactive ketones (excluding diaryl/α,β-unsaturated/α-hetero) is 1. The molecule has 0 atom stereocenters. The summed E-state index contributed by atoms with van der Waals surface area (Å²) in [5, 5.41) is 2.87. The van der Waals surface area contributed by atoms with E-state index in [1.54, 1.807) is 14.2 Å². The van der Waals surface area contributed by atoms with Gasteiger partial charge in [-0.1, -0.05) is 60.7 Å². The van der Waals surface area contributed by atoms with Crippen LogP contribution >= 0.6 is 0 Å². The molecule has 5 nitrogen and oxygen atoms in total. The van der Waals surface area contributed by atoms with Gasteiger partial charge >= 0.3 is 0 Å². The molecule has 0 aliphatic heterocycles. The van der Waals surface area contributed by atoms with Crippen molar-refractivity contribution in [3.05, 3.63) is 83.9 Å². The van der Waals surface area contributed by atoms with Crippen LogP contribution in [0.15, 0.2) is 72.8 Å². The van der Waals surface area contributed by atoms with Crippen molar-refractivity contribution in [2.24, 2.45) is 0 Å². The molecule has 1 N–H and O–H groups in total. The number of benzene rings is 3. The van der Waals surface area contributed by atoms with E-state index in [0.717, 1.165) is 16.7 Å². The van der Waals surface area contributed by atoms with E-state index in [0.29, 0.717) is 30.0 Å². The molecule has 3 rings (SSSR count). The molecule has 0 aromatic heterocycles. The number of amides is 1. The molecule has 0 aliphatic rings. The summed E-state index contributed by atoms with van der Waals surface area (Å²) < 4.78 is 10.5. The van der Waals surface area contributed by atoms with E-state index in [2.05, 4.69) is 5.32 Å². The van der Waals surface area contributed by atoms with Crippen LogP contribution in [0.25, 0.3) is 11.1 Å². The van der Waals surface area contributed by atoms with Crippen LogP contribution in [0, 0.1) is 0 Å². The van der Waals surface area contributed by atoms with Crippen LogP contribution in [0.3, 0.4) is 0 Å². The third-order valence-corrected chi connectivity index (χ3v) is 5.08. The summed E-state index contributed by atoms with van der Waals surface area (Å²) in [4.78, 5) is 24.5. The minimum Gasteiger partial charge on any atom is -0.493 e. The van der Waals surface area contributed by atoms with Gasteiger partial charge < -0.3 is 14.8 Å². The van der Waals surface area contributed by atoms with Crippen molar-refractivity contribution in [2.45, 2.75) is 19.3 Å². The first-order valence-corrected chi connectivity index (χ1v) is 10.3. The average Bonchev–Trinajstić information content (AvgIpc) is 2.83. The van der Waals surface area contributed by atoms with Gasteiger partial charge in [0.25, 0.3) is 0 Å². The third-order valence-electron chi connectivity index (χ3n) is 5.08. The summed E-state index contributed by atoms with van der Waals surface area (Å²) in [5.74, 6) is 1.17. The molecule has 31 heavy (non-hydrogen) atoms. The molecule has 3 aromatic carbocycles. The van der Waals surface area contributed by atoms with Crippen LogP contribution < -0.4 is 14.8 Å². The van der Waals surface area contributed by atoms with E-state index in [1.807, 2.05) is 72.8 Å². The molecule has 0 radical (unpaired) electrons. The molecular formula is C26H27NO4. The maximum Gasteiger partial charge on any atom is 0.220 e. The summed E-state index contributed by atoms with van der Waals surface area (Å²) in [5.41, 5.74) is 3.82. The quantitative estimate of drug-likeness (QED) is 0.486. The van der Waals surface area contributed by atoms with E-state index in [9.17, 15) is 9.59 Å². The van der Waals surface area contributed by atoms with Gasteiger partial charge in [-0.15, -0.1) is 0 Å². The second-order valence-electron chi connectivity index (χ2n) is 7.16. The lowest BCUT2D eigenvalue weighted by Gasteiger charge is -2.10. The van der Waals surface area contributed by atoms with Gasteiger partial charge in [-0.3, -0.25) is 9.59 Å². The van der Waals surface area contributed by atoms with Gasteiger partial charge in [-0.25, -0.2) is 0 Å². The molecule has 0 spiro atoms. The molecule has 0 aliphatic carbocycles. The van der Waals surface area contributed by atoms with Gasteiger partial charge in [0.15, 0.2) is 17.3 Å². The second kappa shape index (κ2) is 11.0. The predicted molar refractivity (Wildman–Crippen MR) is 122 cm³/mol. The minimum atomic E-state index is -0.130. The van der Waals surface area contributed by atoms with Crippen LogP contribution in [0.1, 0.15) is 28.8 Å². The van der Waals surface area contributed by atoms with Gasteiger partial charge in [0.2, 0.25) is 5.91 Å². The van der Waals surface area contributed by atoms with Crippen molar-refractivity contribution < 1.29 is 19.1 Å². The number of ketones is 1. The molecular weight excluding hydrogens is 390 g/mol.